The van der Waals surface area contributed by atoms with Crippen LogP contribution in [-0.4, -0.2) is 9.13 Å². The molecule has 3 rings (SSSR count). The fourth-order valence-electron chi connectivity index (χ4n) is 3.02. The maximum absolute atomic E-state index is 14.9. The summed E-state index contributed by atoms with van der Waals surface area (Å²) in [7, 11) is 1.67. The Balaban J connectivity index is 2.29. The summed E-state index contributed by atoms with van der Waals surface area (Å²) < 4.78 is 17.9. The van der Waals surface area contributed by atoms with Crippen LogP contribution in [0.25, 0.3) is 22.2 Å². The van der Waals surface area contributed by atoms with Gasteiger partial charge >= 0.3 is 5.69 Å². The van der Waals surface area contributed by atoms with Gasteiger partial charge in [0.2, 0.25) is 0 Å². The van der Waals surface area contributed by atoms with Crippen molar-refractivity contribution in [3.05, 3.63) is 52.7 Å². The first-order valence-corrected chi connectivity index (χ1v) is 7.93. The highest BCUT2D eigenvalue weighted by atomic mass is 19.1. The monoisotopic (exact) mass is 327 g/mol. The molecule has 0 aliphatic rings. The van der Waals surface area contributed by atoms with Gasteiger partial charge in [-0.1, -0.05) is 39.0 Å². The van der Waals surface area contributed by atoms with Gasteiger partial charge in [-0.15, -0.1) is 0 Å². The standard InChI is InChI=1S/C19H22FN3O/c1-19(2,3)11-23-17-14(20)9-12(10-16(17)22(4)18(23)24)13-7-5-6-8-15(13)21/h5-10H,11,21H2,1-4H3. The van der Waals surface area contributed by atoms with Crippen LogP contribution in [-0.2, 0) is 13.6 Å². The molecule has 0 bridgehead atoms. The second kappa shape index (κ2) is 5.51. The largest absolute Gasteiger partial charge is 0.398 e. The normalized spacial score (nSPS) is 12.0. The Morgan fingerprint density at radius 1 is 1.17 bits per heavy atom. The van der Waals surface area contributed by atoms with Gasteiger partial charge in [-0.3, -0.25) is 9.13 Å². The van der Waals surface area contributed by atoms with Gasteiger partial charge in [-0.05, 0) is 29.2 Å². The first kappa shape index (κ1) is 16.3. The summed E-state index contributed by atoms with van der Waals surface area (Å²) in [6, 6.07) is 10.6. The van der Waals surface area contributed by atoms with Crippen LogP contribution in [0.3, 0.4) is 0 Å². The van der Waals surface area contributed by atoms with E-state index >= 15 is 0 Å². The number of hydrogen-bond acceptors (Lipinski definition) is 2. The topological polar surface area (TPSA) is 53.0 Å². The average Bonchev–Trinajstić information content (AvgIpc) is 2.72. The van der Waals surface area contributed by atoms with E-state index in [-0.39, 0.29) is 11.1 Å². The minimum atomic E-state index is -0.410. The fourth-order valence-corrected chi connectivity index (χ4v) is 3.02. The molecular weight excluding hydrogens is 305 g/mol. The van der Waals surface area contributed by atoms with Gasteiger partial charge in [0.15, 0.2) is 0 Å². The highest BCUT2D eigenvalue weighted by molar-refractivity contribution is 5.86. The number of nitrogens with zero attached hydrogens (tertiary/aromatic N) is 2. The zero-order valence-corrected chi connectivity index (χ0v) is 14.4. The predicted octanol–water partition coefficient (Wildman–Crippen LogP) is 3.77. The highest BCUT2D eigenvalue weighted by Gasteiger charge is 2.21. The third-order valence-corrected chi connectivity index (χ3v) is 4.10. The fraction of sp³-hybridized carbons (Fsp3) is 0.316. The second-order valence-corrected chi connectivity index (χ2v) is 7.40. The molecule has 126 valence electrons. The Morgan fingerprint density at radius 3 is 2.46 bits per heavy atom. The number of fused-ring (bicyclic) bond motifs is 1. The van der Waals surface area contributed by atoms with Crippen molar-refractivity contribution < 1.29 is 4.39 Å². The van der Waals surface area contributed by atoms with Crippen LogP contribution in [0.1, 0.15) is 20.8 Å². The van der Waals surface area contributed by atoms with Crippen molar-refractivity contribution in [3.8, 4) is 11.1 Å². The van der Waals surface area contributed by atoms with Crippen molar-refractivity contribution in [3.63, 3.8) is 0 Å². The van der Waals surface area contributed by atoms with Gasteiger partial charge in [0, 0.05) is 24.8 Å². The highest BCUT2D eigenvalue weighted by Crippen LogP contribution is 2.31. The lowest BCUT2D eigenvalue weighted by atomic mass is 9.96. The van der Waals surface area contributed by atoms with Gasteiger partial charge in [-0.2, -0.15) is 0 Å². The van der Waals surface area contributed by atoms with E-state index in [9.17, 15) is 9.18 Å². The summed E-state index contributed by atoms with van der Waals surface area (Å²) in [4.78, 5) is 12.6. The number of rotatable bonds is 2. The molecular formula is C19H22FN3O. The van der Waals surface area contributed by atoms with Crippen LogP contribution in [0.15, 0.2) is 41.2 Å². The van der Waals surface area contributed by atoms with Crippen LogP contribution in [0, 0.1) is 11.2 Å². The number of nitrogen functional groups attached to an aromatic ring is 1. The third kappa shape index (κ3) is 2.70. The predicted molar refractivity (Wildman–Crippen MR) is 96.4 cm³/mol. The average molecular weight is 327 g/mol. The number of halogens is 1. The summed E-state index contributed by atoms with van der Waals surface area (Å²) in [5, 5.41) is 0. The van der Waals surface area contributed by atoms with Crippen molar-refractivity contribution in [2.75, 3.05) is 5.73 Å². The molecule has 3 aromatic rings. The second-order valence-electron chi connectivity index (χ2n) is 7.40. The Labute approximate surface area is 140 Å². The molecule has 0 radical (unpaired) electrons. The molecule has 1 heterocycles. The lowest BCUT2D eigenvalue weighted by Crippen LogP contribution is -2.27. The van der Waals surface area contributed by atoms with Crippen LogP contribution in [0.5, 0.6) is 0 Å². The molecule has 4 nitrogen and oxygen atoms in total. The molecule has 2 N–H and O–H groups in total. The molecule has 1 aromatic heterocycles. The number of imidazole rings is 1. The Kier molecular flexibility index (Phi) is 3.74. The SMILES string of the molecule is Cn1c(=O)n(CC(C)(C)C)c2c(F)cc(-c3ccccc3N)cc21. The summed E-state index contributed by atoms with van der Waals surface area (Å²) in [5.74, 6) is -0.410. The van der Waals surface area contributed by atoms with Gasteiger partial charge in [0.25, 0.3) is 0 Å². The molecule has 0 saturated heterocycles. The van der Waals surface area contributed by atoms with Crippen molar-refractivity contribution in [1.82, 2.24) is 9.13 Å². The van der Waals surface area contributed by atoms with E-state index in [0.29, 0.717) is 28.8 Å². The number of aromatic nitrogens is 2. The molecule has 5 heteroatoms. The minimum absolute atomic E-state index is 0.132. The van der Waals surface area contributed by atoms with E-state index in [1.165, 1.54) is 15.2 Å². The summed E-state index contributed by atoms with van der Waals surface area (Å²) in [6.45, 7) is 6.52. The van der Waals surface area contributed by atoms with E-state index in [0.717, 1.165) is 5.56 Å². The molecule has 0 amide bonds. The molecule has 0 saturated carbocycles. The molecule has 0 unspecified atom stereocenters. The maximum Gasteiger partial charge on any atom is 0.328 e. The molecule has 0 fully saturated rings. The van der Waals surface area contributed by atoms with Crippen molar-refractivity contribution >= 4 is 16.7 Å². The lowest BCUT2D eigenvalue weighted by molar-refractivity contribution is 0.341. The van der Waals surface area contributed by atoms with Crippen LogP contribution >= 0.6 is 0 Å². The van der Waals surface area contributed by atoms with Gasteiger partial charge in [0.05, 0.1) is 5.52 Å². The Bertz CT molecular complexity index is 977. The van der Waals surface area contributed by atoms with Gasteiger partial charge in [0.1, 0.15) is 11.3 Å². The first-order chi connectivity index (χ1) is 11.2. The molecule has 0 spiro atoms. The van der Waals surface area contributed by atoms with Crippen molar-refractivity contribution in [2.45, 2.75) is 27.3 Å². The number of benzene rings is 2. The van der Waals surface area contributed by atoms with E-state index < -0.39 is 5.82 Å². The quantitative estimate of drug-likeness (QED) is 0.728. The van der Waals surface area contributed by atoms with Crippen molar-refractivity contribution in [1.29, 1.82) is 0 Å². The number of anilines is 1. The maximum atomic E-state index is 14.9. The zero-order valence-electron chi connectivity index (χ0n) is 14.4. The molecule has 0 atom stereocenters. The van der Waals surface area contributed by atoms with Crippen LogP contribution in [0.2, 0.25) is 0 Å². The number of hydrogen-bond donors (Lipinski definition) is 1. The van der Waals surface area contributed by atoms with E-state index in [4.69, 9.17) is 5.73 Å². The number of nitrogens with two attached hydrogens (primary N) is 1. The molecule has 2 aromatic carbocycles. The third-order valence-electron chi connectivity index (χ3n) is 4.10. The molecule has 24 heavy (non-hydrogen) atoms. The van der Waals surface area contributed by atoms with Crippen LogP contribution < -0.4 is 11.4 Å². The van der Waals surface area contributed by atoms with Gasteiger partial charge < -0.3 is 5.73 Å². The van der Waals surface area contributed by atoms with Crippen LogP contribution in [0.4, 0.5) is 10.1 Å². The molecule has 0 aliphatic carbocycles. The number of para-hydroxylation sites is 1. The smallest absolute Gasteiger partial charge is 0.328 e. The zero-order chi connectivity index (χ0) is 17.6. The summed E-state index contributed by atoms with van der Waals surface area (Å²) in [6.07, 6.45) is 0. The van der Waals surface area contributed by atoms with E-state index in [1.54, 1.807) is 13.1 Å². The Hall–Kier alpha value is -2.56. The molecule has 0 aliphatic heterocycles. The van der Waals surface area contributed by atoms with Crippen molar-refractivity contribution in [2.24, 2.45) is 12.5 Å². The number of aryl methyl sites for hydroxylation is 1. The van der Waals surface area contributed by atoms with E-state index in [2.05, 4.69) is 0 Å². The van der Waals surface area contributed by atoms with E-state index in [1.807, 2.05) is 45.0 Å². The minimum Gasteiger partial charge on any atom is -0.398 e. The Morgan fingerprint density at radius 2 is 1.83 bits per heavy atom. The lowest BCUT2D eigenvalue weighted by Gasteiger charge is -2.18. The van der Waals surface area contributed by atoms with Gasteiger partial charge in [-0.25, -0.2) is 9.18 Å². The first-order valence-electron chi connectivity index (χ1n) is 7.93. The summed E-state index contributed by atoms with van der Waals surface area (Å²) in [5.41, 5.74) is 8.58. The summed E-state index contributed by atoms with van der Waals surface area (Å²) >= 11 is 0.